The van der Waals surface area contributed by atoms with Gasteiger partial charge in [-0.25, -0.2) is 0 Å². The van der Waals surface area contributed by atoms with E-state index >= 15 is 0 Å². The summed E-state index contributed by atoms with van der Waals surface area (Å²) in [5.41, 5.74) is 2.38. The number of aryl methyl sites for hydroxylation is 1. The van der Waals surface area contributed by atoms with Crippen LogP contribution in [0.3, 0.4) is 0 Å². The number of nitrogens with zero attached hydrogens (tertiary/aromatic N) is 1. The molecule has 0 spiro atoms. The van der Waals surface area contributed by atoms with Gasteiger partial charge in [0.15, 0.2) is 0 Å². The Hall–Kier alpha value is -1.42. The van der Waals surface area contributed by atoms with E-state index in [2.05, 4.69) is 33.2 Å². The molecule has 0 aliphatic carbocycles. The monoisotopic (exact) mass is 320 g/mol. The van der Waals surface area contributed by atoms with Crippen LogP contribution in [0.5, 0.6) is 0 Å². The van der Waals surface area contributed by atoms with Crippen molar-refractivity contribution in [3.63, 3.8) is 0 Å². The molecule has 4 heteroatoms. The zero-order valence-electron chi connectivity index (χ0n) is 11.3. The number of rotatable bonds is 3. The molecule has 0 bridgehead atoms. The Labute approximate surface area is 121 Å². The standard InChI is InChI=1S/C15H17BrN2O/c1-4-9(2)18-15(19)13-7-10(3)17-14-6-5-11(16)8-12(13)14/h5-9H,4H2,1-3H3,(H,18,19). The summed E-state index contributed by atoms with van der Waals surface area (Å²) in [6.07, 6.45) is 0.914. The Morgan fingerprint density at radius 2 is 2.16 bits per heavy atom. The van der Waals surface area contributed by atoms with Gasteiger partial charge in [-0.1, -0.05) is 22.9 Å². The summed E-state index contributed by atoms with van der Waals surface area (Å²) in [6, 6.07) is 7.81. The van der Waals surface area contributed by atoms with Gasteiger partial charge in [0.25, 0.3) is 5.91 Å². The predicted octanol–water partition coefficient (Wildman–Crippen LogP) is 3.83. The van der Waals surface area contributed by atoms with Crippen LogP contribution in [0.25, 0.3) is 10.9 Å². The van der Waals surface area contributed by atoms with Crippen LogP contribution in [0.1, 0.15) is 36.3 Å². The first-order chi connectivity index (χ1) is 9.01. The first kappa shape index (κ1) is 14.0. The second-order valence-corrected chi connectivity index (χ2v) is 5.67. The van der Waals surface area contributed by atoms with E-state index in [9.17, 15) is 4.79 Å². The molecule has 1 unspecified atom stereocenters. The number of aromatic nitrogens is 1. The fourth-order valence-electron chi connectivity index (χ4n) is 1.92. The third kappa shape index (κ3) is 3.13. The average Bonchev–Trinajstić information content (AvgIpc) is 2.38. The molecule has 1 N–H and O–H groups in total. The van der Waals surface area contributed by atoms with E-state index in [1.54, 1.807) is 0 Å². The van der Waals surface area contributed by atoms with Crippen LogP contribution in [0.2, 0.25) is 0 Å². The molecule has 1 heterocycles. The van der Waals surface area contributed by atoms with Gasteiger partial charge in [-0.05, 0) is 44.5 Å². The fourth-order valence-corrected chi connectivity index (χ4v) is 2.28. The number of hydrogen-bond donors (Lipinski definition) is 1. The van der Waals surface area contributed by atoms with E-state index in [0.29, 0.717) is 5.56 Å². The first-order valence-electron chi connectivity index (χ1n) is 6.39. The molecule has 1 aromatic carbocycles. The summed E-state index contributed by atoms with van der Waals surface area (Å²) >= 11 is 3.44. The zero-order valence-corrected chi connectivity index (χ0v) is 12.9. The molecule has 2 rings (SSSR count). The fraction of sp³-hybridized carbons (Fsp3) is 0.333. The number of pyridine rings is 1. The van der Waals surface area contributed by atoms with Crippen LogP contribution >= 0.6 is 15.9 Å². The molecule has 2 aromatic rings. The third-order valence-electron chi connectivity index (χ3n) is 3.13. The lowest BCUT2D eigenvalue weighted by Gasteiger charge is -2.13. The Balaban J connectivity index is 2.52. The smallest absolute Gasteiger partial charge is 0.252 e. The predicted molar refractivity (Wildman–Crippen MR) is 81.4 cm³/mol. The molecule has 100 valence electrons. The molecule has 3 nitrogen and oxygen atoms in total. The third-order valence-corrected chi connectivity index (χ3v) is 3.63. The van der Waals surface area contributed by atoms with E-state index in [-0.39, 0.29) is 11.9 Å². The molecule has 0 aliphatic heterocycles. The Morgan fingerprint density at radius 1 is 1.42 bits per heavy atom. The van der Waals surface area contributed by atoms with Gasteiger partial charge in [0, 0.05) is 21.6 Å². The highest BCUT2D eigenvalue weighted by Gasteiger charge is 2.13. The van der Waals surface area contributed by atoms with E-state index < -0.39 is 0 Å². The van der Waals surface area contributed by atoms with E-state index in [0.717, 1.165) is 27.5 Å². The van der Waals surface area contributed by atoms with Gasteiger partial charge in [0.1, 0.15) is 0 Å². The normalized spacial score (nSPS) is 12.4. The van der Waals surface area contributed by atoms with Gasteiger partial charge in [-0.2, -0.15) is 0 Å². The second kappa shape index (κ2) is 5.70. The average molecular weight is 321 g/mol. The molecule has 1 aromatic heterocycles. The van der Waals surface area contributed by atoms with Crippen molar-refractivity contribution in [1.82, 2.24) is 10.3 Å². The zero-order chi connectivity index (χ0) is 14.0. The Morgan fingerprint density at radius 3 is 2.84 bits per heavy atom. The number of amides is 1. The first-order valence-corrected chi connectivity index (χ1v) is 7.18. The summed E-state index contributed by atoms with van der Waals surface area (Å²) in [7, 11) is 0. The van der Waals surface area contributed by atoms with Gasteiger partial charge < -0.3 is 5.32 Å². The molecular weight excluding hydrogens is 304 g/mol. The molecule has 0 aliphatic rings. The topological polar surface area (TPSA) is 42.0 Å². The van der Waals surface area contributed by atoms with Crippen molar-refractivity contribution in [3.05, 3.63) is 40.0 Å². The van der Waals surface area contributed by atoms with E-state index in [1.807, 2.05) is 38.1 Å². The van der Waals surface area contributed by atoms with Crippen molar-refractivity contribution in [2.45, 2.75) is 33.2 Å². The van der Waals surface area contributed by atoms with Crippen LogP contribution in [-0.2, 0) is 0 Å². The SMILES string of the molecule is CCC(C)NC(=O)c1cc(C)nc2ccc(Br)cc12. The van der Waals surface area contributed by atoms with Crippen LogP contribution in [0.4, 0.5) is 0 Å². The van der Waals surface area contributed by atoms with Gasteiger partial charge in [-0.3, -0.25) is 9.78 Å². The molecule has 0 radical (unpaired) electrons. The molecule has 1 atom stereocenters. The molecule has 0 saturated heterocycles. The Kier molecular flexibility index (Phi) is 4.20. The molecule has 1 amide bonds. The van der Waals surface area contributed by atoms with Crippen molar-refractivity contribution >= 4 is 32.7 Å². The molecule has 19 heavy (non-hydrogen) atoms. The van der Waals surface area contributed by atoms with E-state index in [1.165, 1.54) is 0 Å². The highest BCUT2D eigenvalue weighted by atomic mass is 79.9. The lowest BCUT2D eigenvalue weighted by atomic mass is 10.1. The molecular formula is C15H17BrN2O. The summed E-state index contributed by atoms with van der Waals surface area (Å²) in [5.74, 6) is -0.0389. The maximum absolute atomic E-state index is 12.3. The lowest BCUT2D eigenvalue weighted by Crippen LogP contribution is -2.32. The van der Waals surface area contributed by atoms with Crippen molar-refractivity contribution < 1.29 is 4.79 Å². The number of hydrogen-bond acceptors (Lipinski definition) is 2. The number of carbonyl (C=O) groups excluding carboxylic acids is 1. The minimum absolute atomic E-state index is 0.0389. The van der Waals surface area contributed by atoms with Crippen LogP contribution in [-0.4, -0.2) is 16.9 Å². The maximum Gasteiger partial charge on any atom is 0.252 e. The summed E-state index contributed by atoms with van der Waals surface area (Å²) in [5, 5.41) is 3.88. The van der Waals surface area contributed by atoms with Gasteiger partial charge in [0.05, 0.1) is 11.1 Å². The van der Waals surface area contributed by atoms with Crippen molar-refractivity contribution in [1.29, 1.82) is 0 Å². The van der Waals surface area contributed by atoms with Gasteiger partial charge >= 0.3 is 0 Å². The van der Waals surface area contributed by atoms with Crippen molar-refractivity contribution in [3.8, 4) is 0 Å². The summed E-state index contributed by atoms with van der Waals surface area (Å²) in [6.45, 7) is 5.96. The van der Waals surface area contributed by atoms with E-state index in [4.69, 9.17) is 0 Å². The quantitative estimate of drug-likeness (QED) is 0.933. The lowest BCUT2D eigenvalue weighted by molar-refractivity contribution is 0.0941. The number of halogens is 1. The number of benzene rings is 1. The van der Waals surface area contributed by atoms with Crippen LogP contribution in [0.15, 0.2) is 28.7 Å². The number of nitrogens with one attached hydrogen (secondary N) is 1. The maximum atomic E-state index is 12.3. The highest BCUT2D eigenvalue weighted by molar-refractivity contribution is 9.10. The van der Waals surface area contributed by atoms with Crippen molar-refractivity contribution in [2.24, 2.45) is 0 Å². The molecule has 0 saturated carbocycles. The van der Waals surface area contributed by atoms with Crippen LogP contribution < -0.4 is 5.32 Å². The second-order valence-electron chi connectivity index (χ2n) is 4.76. The van der Waals surface area contributed by atoms with Crippen LogP contribution in [0, 0.1) is 6.92 Å². The highest BCUT2D eigenvalue weighted by Crippen LogP contribution is 2.23. The largest absolute Gasteiger partial charge is 0.350 e. The van der Waals surface area contributed by atoms with Crippen molar-refractivity contribution in [2.75, 3.05) is 0 Å². The van der Waals surface area contributed by atoms with Gasteiger partial charge in [0.2, 0.25) is 0 Å². The summed E-state index contributed by atoms with van der Waals surface area (Å²) in [4.78, 5) is 16.8. The molecule has 0 fully saturated rings. The minimum atomic E-state index is -0.0389. The minimum Gasteiger partial charge on any atom is -0.350 e. The summed E-state index contributed by atoms with van der Waals surface area (Å²) < 4.78 is 0.947. The number of carbonyl (C=O) groups is 1. The van der Waals surface area contributed by atoms with Gasteiger partial charge in [-0.15, -0.1) is 0 Å². The Bertz CT molecular complexity index is 625. The number of fused-ring (bicyclic) bond motifs is 1.